The molecule has 2 aromatic carbocycles. The number of sulfonamides is 1. The SMILES string of the molecule is CC(C)(C)OC(=O)Cc1ccc2c(c1)N(S(=O)(=O)c1ccc(F)cc1)C[C@H](C(=O)NN)O2. The molecule has 0 saturated carbocycles. The van der Waals surface area contributed by atoms with Gasteiger partial charge in [-0.15, -0.1) is 0 Å². The Balaban J connectivity index is 2.02. The third-order valence-electron chi connectivity index (χ3n) is 4.50. The van der Waals surface area contributed by atoms with Crippen LogP contribution in [0.15, 0.2) is 47.4 Å². The Bertz CT molecular complexity index is 1130. The number of fused-ring (bicyclic) bond motifs is 1. The predicted octanol–water partition coefficient (Wildman–Crippen LogP) is 1.66. The van der Waals surface area contributed by atoms with Crippen molar-refractivity contribution in [3.05, 3.63) is 53.8 Å². The normalized spacial score (nSPS) is 16.0. The molecule has 0 radical (unpaired) electrons. The highest BCUT2D eigenvalue weighted by Crippen LogP contribution is 2.38. The van der Waals surface area contributed by atoms with Crippen molar-refractivity contribution in [3.63, 3.8) is 0 Å². The van der Waals surface area contributed by atoms with Crippen LogP contribution in [0.1, 0.15) is 26.3 Å². The molecular formula is C21H24FN3O6S. The molecule has 0 bridgehead atoms. The number of esters is 1. The maximum absolute atomic E-state index is 13.3. The van der Waals surface area contributed by atoms with E-state index < -0.39 is 39.4 Å². The Morgan fingerprint density at radius 1 is 1.22 bits per heavy atom. The first-order valence-corrected chi connectivity index (χ1v) is 11.1. The van der Waals surface area contributed by atoms with E-state index in [-0.39, 0.29) is 29.3 Å². The third kappa shape index (κ3) is 5.17. The number of ether oxygens (including phenoxy) is 2. The monoisotopic (exact) mass is 465 g/mol. The molecule has 0 aromatic heterocycles. The molecule has 3 N–H and O–H groups in total. The van der Waals surface area contributed by atoms with Gasteiger partial charge in [-0.05, 0) is 62.7 Å². The van der Waals surface area contributed by atoms with Gasteiger partial charge < -0.3 is 9.47 Å². The van der Waals surface area contributed by atoms with Crippen LogP contribution in [-0.4, -0.2) is 38.5 Å². The van der Waals surface area contributed by atoms with E-state index in [2.05, 4.69) is 0 Å². The summed E-state index contributed by atoms with van der Waals surface area (Å²) in [5.74, 6) is 3.52. The van der Waals surface area contributed by atoms with Crippen molar-refractivity contribution < 1.29 is 31.9 Å². The van der Waals surface area contributed by atoms with Crippen LogP contribution in [-0.2, 0) is 30.8 Å². The summed E-state index contributed by atoms with van der Waals surface area (Å²) in [4.78, 5) is 24.1. The summed E-state index contributed by atoms with van der Waals surface area (Å²) >= 11 is 0. The molecule has 1 aliphatic rings. The van der Waals surface area contributed by atoms with Gasteiger partial charge in [0, 0.05) is 0 Å². The second-order valence-corrected chi connectivity index (χ2v) is 10.0. The number of nitrogens with one attached hydrogen (secondary N) is 1. The molecule has 3 rings (SSSR count). The number of nitrogens with zero attached hydrogens (tertiary/aromatic N) is 1. The van der Waals surface area contributed by atoms with Crippen molar-refractivity contribution in [2.45, 2.75) is 43.8 Å². The number of benzene rings is 2. The van der Waals surface area contributed by atoms with Crippen LogP contribution in [0, 0.1) is 5.82 Å². The summed E-state index contributed by atoms with van der Waals surface area (Å²) in [5, 5.41) is 0. The fourth-order valence-electron chi connectivity index (χ4n) is 3.14. The summed E-state index contributed by atoms with van der Waals surface area (Å²) in [5.41, 5.74) is 1.90. The summed E-state index contributed by atoms with van der Waals surface area (Å²) in [7, 11) is -4.19. The molecule has 1 atom stereocenters. The fraction of sp³-hybridized carbons (Fsp3) is 0.333. The lowest BCUT2D eigenvalue weighted by Gasteiger charge is -2.34. The number of hydrogen-bond acceptors (Lipinski definition) is 7. The predicted molar refractivity (Wildman–Crippen MR) is 114 cm³/mol. The highest BCUT2D eigenvalue weighted by Gasteiger charge is 2.37. The molecule has 32 heavy (non-hydrogen) atoms. The number of carbonyl (C=O) groups excluding carboxylic acids is 2. The Kier molecular flexibility index (Phi) is 6.42. The number of rotatable bonds is 5. The van der Waals surface area contributed by atoms with Crippen LogP contribution in [0.4, 0.5) is 10.1 Å². The lowest BCUT2D eigenvalue weighted by Crippen LogP contribution is -2.52. The second-order valence-electron chi connectivity index (χ2n) is 8.17. The average molecular weight is 466 g/mol. The number of hydrogen-bond donors (Lipinski definition) is 2. The highest BCUT2D eigenvalue weighted by molar-refractivity contribution is 7.92. The molecule has 0 saturated heterocycles. The van der Waals surface area contributed by atoms with Gasteiger partial charge in [-0.2, -0.15) is 0 Å². The van der Waals surface area contributed by atoms with Crippen molar-refractivity contribution in [1.82, 2.24) is 5.43 Å². The average Bonchev–Trinajstić information content (AvgIpc) is 2.71. The van der Waals surface area contributed by atoms with Crippen LogP contribution in [0.5, 0.6) is 5.75 Å². The lowest BCUT2D eigenvalue weighted by atomic mass is 10.1. The lowest BCUT2D eigenvalue weighted by molar-refractivity contribution is -0.153. The van der Waals surface area contributed by atoms with Gasteiger partial charge in [0.05, 0.1) is 23.5 Å². The number of halogens is 1. The zero-order valence-corrected chi connectivity index (χ0v) is 18.6. The van der Waals surface area contributed by atoms with Crippen molar-refractivity contribution in [2.24, 2.45) is 5.84 Å². The summed E-state index contributed by atoms with van der Waals surface area (Å²) in [6.07, 6.45) is -1.30. The van der Waals surface area contributed by atoms with Gasteiger partial charge in [-0.1, -0.05) is 6.07 Å². The number of anilines is 1. The fourth-order valence-corrected chi connectivity index (χ4v) is 4.61. The molecule has 2 aromatic rings. The Morgan fingerprint density at radius 2 is 1.88 bits per heavy atom. The van der Waals surface area contributed by atoms with E-state index in [9.17, 15) is 22.4 Å². The molecule has 1 heterocycles. The van der Waals surface area contributed by atoms with E-state index in [4.69, 9.17) is 15.3 Å². The van der Waals surface area contributed by atoms with Crippen molar-refractivity contribution in [1.29, 1.82) is 0 Å². The van der Waals surface area contributed by atoms with Gasteiger partial charge in [0.2, 0.25) is 0 Å². The van der Waals surface area contributed by atoms with Crippen LogP contribution >= 0.6 is 0 Å². The van der Waals surface area contributed by atoms with Gasteiger partial charge in [-0.3, -0.25) is 19.3 Å². The highest BCUT2D eigenvalue weighted by atomic mass is 32.2. The molecule has 1 amide bonds. The van der Waals surface area contributed by atoms with Gasteiger partial charge >= 0.3 is 5.97 Å². The Morgan fingerprint density at radius 3 is 2.47 bits per heavy atom. The minimum absolute atomic E-state index is 0.0955. The first kappa shape index (κ1) is 23.5. The summed E-state index contributed by atoms with van der Waals surface area (Å²) < 4.78 is 51.9. The molecule has 0 spiro atoms. The number of amides is 1. The minimum atomic E-state index is -4.19. The number of carbonyl (C=O) groups is 2. The van der Waals surface area contributed by atoms with Gasteiger partial charge in [0.15, 0.2) is 6.10 Å². The molecule has 0 unspecified atom stereocenters. The van der Waals surface area contributed by atoms with Crippen molar-refractivity contribution >= 4 is 27.6 Å². The number of hydrazine groups is 1. The van der Waals surface area contributed by atoms with E-state index in [1.807, 2.05) is 5.43 Å². The van der Waals surface area contributed by atoms with Crippen molar-refractivity contribution in [3.8, 4) is 5.75 Å². The summed E-state index contributed by atoms with van der Waals surface area (Å²) in [6, 6.07) is 8.84. The van der Waals surface area contributed by atoms with E-state index in [0.29, 0.717) is 5.56 Å². The standard InChI is InChI=1S/C21H24FN3O6S/c1-21(2,3)31-19(26)11-13-4-9-17-16(10-13)25(12-18(30-17)20(27)24-23)32(28,29)15-7-5-14(22)6-8-15/h4-10,18H,11-12,23H2,1-3H3,(H,24,27)/t18-/m1/s1. The quantitative estimate of drug-likeness (QED) is 0.297. The minimum Gasteiger partial charge on any atom is -0.476 e. The molecular weight excluding hydrogens is 441 g/mol. The van der Waals surface area contributed by atoms with Crippen LogP contribution < -0.4 is 20.3 Å². The maximum Gasteiger partial charge on any atom is 0.310 e. The van der Waals surface area contributed by atoms with Gasteiger partial charge in [0.25, 0.3) is 15.9 Å². The van der Waals surface area contributed by atoms with Crippen LogP contribution in [0.3, 0.4) is 0 Å². The smallest absolute Gasteiger partial charge is 0.310 e. The first-order chi connectivity index (χ1) is 14.9. The number of nitrogens with two attached hydrogens (primary N) is 1. The van der Waals surface area contributed by atoms with E-state index in [1.165, 1.54) is 12.1 Å². The zero-order chi connectivity index (χ0) is 23.7. The van der Waals surface area contributed by atoms with E-state index >= 15 is 0 Å². The second kappa shape index (κ2) is 8.75. The first-order valence-electron chi connectivity index (χ1n) is 9.71. The van der Waals surface area contributed by atoms with Gasteiger partial charge in [0.1, 0.15) is 17.2 Å². The molecule has 172 valence electrons. The van der Waals surface area contributed by atoms with E-state index in [0.717, 1.165) is 28.6 Å². The topological polar surface area (TPSA) is 128 Å². The molecule has 9 nitrogen and oxygen atoms in total. The third-order valence-corrected chi connectivity index (χ3v) is 6.29. The maximum atomic E-state index is 13.3. The summed E-state index contributed by atoms with van der Waals surface area (Å²) in [6.45, 7) is 4.85. The Labute approximate surface area is 185 Å². The molecule has 0 fully saturated rings. The van der Waals surface area contributed by atoms with Crippen LogP contribution in [0.25, 0.3) is 0 Å². The van der Waals surface area contributed by atoms with Gasteiger partial charge in [-0.25, -0.2) is 18.7 Å². The van der Waals surface area contributed by atoms with E-state index in [1.54, 1.807) is 26.8 Å². The largest absolute Gasteiger partial charge is 0.476 e. The van der Waals surface area contributed by atoms with Crippen molar-refractivity contribution in [2.75, 3.05) is 10.8 Å². The molecule has 1 aliphatic heterocycles. The van der Waals surface area contributed by atoms with Crippen LogP contribution in [0.2, 0.25) is 0 Å². The Hall–Kier alpha value is -3.18. The molecule has 0 aliphatic carbocycles. The molecule has 11 heteroatoms. The zero-order valence-electron chi connectivity index (χ0n) is 17.8.